The highest BCUT2D eigenvalue weighted by atomic mass is 16.3. The Morgan fingerprint density at radius 3 is 1.70 bits per heavy atom. The lowest BCUT2D eigenvalue weighted by atomic mass is 9.85. The number of hydrogen-bond acceptors (Lipinski definition) is 1. The maximum absolute atomic E-state index is 9.74. The summed E-state index contributed by atoms with van der Waals surface area (Å²) in [5, 5.41) is 0.315. The van der Waals surface area contributed by atoms with Gasteiger partial charge in [0.15, 0.2) is 0 Å². The van der Waals surface area contributed by atoms with Crippen molar-refractivity contribution in [3.05, 3.63) is 157 Å². The van der Waals surface area contributed by atoms with E-state index in [9.17, 15) is 5.48 Å². The van der Waals surface area contributed by atoms with Crippen LogP contribution in [0.5, 0.6) is 0 Å². The second-order valence-corrected chi connectivity index (χ2v) is 9.85. The van der Waals surface area contributed by atoms with Crippen molar-refractivity contribution < 1.29 is 29.1 Å². The molecule has 0 saturated heterocycles. The van der Waals surface area contributed by atoms with Crippen LogP contribution in [0.15, 0.2) is 162 Å². The quantitative estimate of drug-likeness (QED) is 0.195. The van der Waals surface area contributed by atoms with Crippen molar-refractivity contribution in [2.24, 2.45) is 0 Å². The summed E-state index contributed by atoms with van der Waals surface area (Å²) in [5.41, 5.74) is -1.30. The van der Waals surface area contributed by atoms with E-state index in [0.717, 1.165) is 0 Å². The Labute approximate surface area is 274 Å². The lowest BCUT2D eigenvalue weighted by molar-refractivity contribution is 0.669. The minimum absolute atomic E-state index is 0.0787. The van der Waals surface area contributed by atoms with E-state index in [1.54, 1.807) is 48.5 Å². The van der Waals surface area contributed by atoms with E-state index in [1.165, 1.54) is 0 Å². The Morgan fingerprint density at radius 2 is 0.953 bits per heavy atom. The molecule has 0 aliphatic rings. The first-order valence-electron chi connectivity index (χ1n) is 22.3. The van der Waals surface area contributed by atoms with Gasteiger partial charge in [-0.3, -0.25) is 0 Å². The zero-order valence-electron chi connectivity index (χ0n) is 40.0. The van der Waals surface area contributed by atoms with Crippen LogP contribution in [0.4, 0.5) is 0 Å². The molecule has 9 rings (SSSR count). The van der Waals surface area contributed by atoms with Gasteiger partial charge in [-0.2, -0.15) is 0 Å². The second kappa shape index (κ2) is 9.44. The first-order chi connectivity index (χ1) is 28.8. The fourth-order valence-corrected chi connectivity index (χ4v) is 5.69. The minimum atomic E-state index is -0.737. The highest BCUT2D eigenvalue weighted by molar-refractivity contribution is 6.22. The van der Waals surface area contributed by atoms with Gasteiger partial charge in [0.2, 0.25) is 0 Å². The molecule has 9 aromatic rings. The van der Waals surface area contributed by atoms with Crippen LogP contribution in [0.25, 0.3) is 87.6 Å². The number of fused-ring (bicyclic) bond motifs is 6. The third kappa shape index (κ3) is 3.72. The van der Waals surface area contributed by atoms with Crippen molar-refractivity contribution in [3.63, 3.8) is 0 Å². The zero-order valence-corrected chi connectivity index (χ0v) is 22.0. The minimum Gasteiger partial charge on any atom is -0.456 e. The Morgan fingerprint density at radius 1 is 0.395 bits per heavy atom. The Bertz CT molecular complexity index is 3450. The summed E-state index contributed by atoms with van der Waals surface area (Å²) in [6.07, 6.45) is 0. The summed E-state index contributed by atoms with van der Waals surface area (Å²) < 4.78 is 165. The fourth-order valence-electron chi connectivity index (χ4n) is 5.69. The molecule has 43 heavy (non-hydrogen) atoms. The van der Waals surface area contributed by atoms with Gasteiger partial charge in [-0.15, -0.1) is 0 Å². The summed E-state index contributed by atoms with van der Waals surface area (Å²) in [5.74, 6) is 0. The fraction of sp³-hybridized carbons (Fsp3) is 0. The molecule has 0 fully saturated rings. The average molecular weight is 565 g/mol. The molecule has 0 N–H and O–H groups in total. The molecule has 0 bridgehead atoms. The van der Waals surface area contributed by atoms with Crippen LogP contribution in [-0.2, 0) is 0 Å². The molecule has 0 atom stereocenters. The molecule has 200 valence electrons. The van der Waals surface area contributed by atoms with E-state index < -0.39 is 125 Å². The van der Waals surface area contributed by atoms with Gasteiger partial charge < -0.3 is 4.42 Å². The number of furan rings is 1. The number of para-hydroxylation sites is 1. The number of benzene rings is 8. The van der Waals surface area contributed by atoms with Crippen molar-refractivity contribution in [1.29, 1.82) is 0 Å². The summed E-state index contributed by atoms with van der Waals surface area (Å²) in [6, 6.07) is 2.39. The van der Waals surface area contributed by atoms with E-state index in [4.69, 9.17) is 23.6 Å². The van der Waals surface area contributed by atoms with E-state index in [0.29, 0.717) is 21.5 Å². The van der Waals surface area contributed by atoms with Gasteiger partial charge in [-0.05, 0) is 89.9 Å². The van der Waals surface area contributed by atoms with Crippen LogP contribution in [0.1, 0.15) is 24.7 Å². The molecule has 1 nitrogen and oxygen atoms in total. The Kier molecular flexibility index (Phi) is 2.70. The van der Waals surface area contributed by atoms with E-state index >= 15 is 0 Å². The normalized spacial score (nSPS) is 17.6. The smallest absolute Gasteiger partial charge is 0.135 e. The summed E-state index contributed by atoms with van der Waals surface area (Å²) in [7, 11) is 0. The predicted molar refractivity (Wildman–Crippen MR) is 183 cm³/mol. The van der Waals surface area contributed by atoms with Gasteiger partial charge in [-0.1, -0.05) is 133 Å². The molecule has 0 radical (unpaired) electrons. The van der Waals surface area contributed by atoms with Crippen LogP contribution in [0.2, 0.25) is 0 Å². The lowest BCUT2D eigenvalue weighted by Crippen LogP contribution is -1.91. The molecule has 1 heterocycles. The molecule has 0 amide bonds. The predicted octanol–water partition coefficient (Wildman–Crippen LogP) is 12.0. The topological polar surface area (TPSA) is 13.1 Å². The molecule has 0 spiro atoms. The Hall–Kier alpha value is -5.66. The molecule has 8 aromatic carbocycles. The SMILES string of the molecule is [2H]c1c([2H])c(-c2c3ccccc3c(-c3c([2H])c([2H])c4oc5c([2H])c([2H])c([2H])c([2H])c5c4c3[2H])c3ccccc23)c([2H])c(-c2c([2H])c([2H])c([2H])c3c([2H])c([2H])c([2H])c([2H])c23)c1[2H]. The van der Waals surface area contributed by atoms with Crippen molar-refractivity contribution in [3.8, 4) is 33.4 Å². The largest absolute Gasteiger partial charge is 0.456 e. The number of hydrogen-bond donors (Lipinski definition) is 0. The summed E-state index contributed by atoms with van der Waals surface area (Å²) in [4.78, 5) is 0. The van der Waals surface area contributed by atoms with E-state index in [-0.39, 0.29) is 50.2 Å². The van der Waals surface area contributed by atoms with Gasteiger partial charge in [0.05, 0.1) is 24.7 Å². The average Bonchev–Trinajstić information content (AvgIpc) is 3.66. The maximum Gasteiger partial charge on any atom is 0.135 e. The standard InChI is InChI=1S/C42H26O/c1-2-15-31-27(11-1)12-10-21-32(31)28-13-9-14-29(25-28)41-34-17-3-5-19-36(34)42(37-20-6-4-18-35(37)41)30-23-24-40-38(26-30)33-16-7-8-22-39(33)43-40/h1-26H/i1D,2D,7D,8D,9D,10D,11D,12D,13D,14D,15D,16D,21D,22D,23D,24D,25D,26D. The number of rotatable bonds is 3. The van der Waals surface area contributed by atoms with Gasteiger partial charge in [0, 0.05) is 10.8 Å². The highest BCUT2D eigenvalue weighted by Crippen LogP contribution is 2.45. The maximum atomic E-state index is 9.74. The molecular weight excluding hydrogens is 520 g/mol. The zero-order chi connectivity index (χ0) is 44.0. The third-order valence-corrected chi connectivity index (χ3v) is 7.50. The van der Waals surface area contributed by atoms with E-state index in [2.05, 4.69) is 0 Å². The first-order valence-corrected chi connectivity index (χ1v) is 13.3. The van der Waals surface area contributed by atoms with Crippen LogP contribution >= 0.6 is 0 Å². The van der Waals surface area contributed by atoms with Crippen molar-refractivity contribution in [2.45, 2.75) is 0 Å². The van der Waals surface area contributed by atoms with E-state index in [1.807, 2.05) is 0 Å². The summed E-state index contributed by atoms with van der Waals surface area (Å²) in [6.45, 7) is 0. The molecule has 1 heteroatoms. The third-order valence-electron chi connectivity index (χ3n) is 7.50. The molecular formula is C42H26O. The molecule has 1 aromatic heterocycles. The van der Waals surface area contributed by atoms with Crippen molar-refractivity contribution in [2.75, 3.05) is 0 Å². The van der Waals surface area contributed by atoms with Gasteiger partial charge in [0.1, 0.15) is 11.2 Å². The van der Waals surface area contributed by atoms with Crippen molar-refractivity contribution >= 4 is 54.3 Å². The molecule has 0 aliphatic heterocycles. The molecule has 0 aliphatic carbocycles. The molecule has 0 saturated carbocycles. The first kappa shape index (κ1) is 12.3. The summed E-state index contributed by atoms with van der Waals surface area (Å²) >= 11 is 0. The lowest BCUT2D eigenvalue weighted by Gasteiger charge is -2.18. The van der Waals surface area contributed by atoms with Crippen molar-refractivity contribution in [1.82, 2.24) is 0 Å². The van der Waals surface area contributed by atoms with Crippen LogP contribution < -0.4 is 0 Å². The van der Waals surface area contributed by atoms with Crippen LogP contribution in [-0.4, -0.2) is 0 Å². The van der Waals surface area contributed by atoms with Crippen LogP contribution in [0, 0.1) is 0 Å². The second-order valence-electron chi connectivity index (χ2n) is 9.85. The monoisotopic (exact) mass is 564 g/mol. The van der Waals surface area contributed by atoms with Crippen LogP contribution in [0.3, 0.4) is 0 Å². The van der Waals surface area contributed by atoms with Gasteiger partial charge >= 0.3 is 0 Å². The molecule has 0 unspecified atom stereocenters. The van der Waals surface area contributed by atoms with Gasteiger partial charge in [0.25, 0.3) is 0 Å². The highest BCUT2D eigenvalue weighted by Gasteiger charge is 2.18. The van der Waals surface area contributed by atoms with Gasteiger partial charge in [-0.25, -0.2) is 0 Å². The Balaban J connectivity index is 1.46.